The third-order valence-electron chi connectivity index (χ3n) is 5.42. The Balaban J connectivity index is 1.77. The van der Waals surface area contributed by atoms with Crippen LogP contribution in [0.3, 0.4) is 0 Å². The fourth-order valence-electron chi connectivity index (χ4n) is 3.95. The number of piperidine rings is 1. The van der Waals surface area contributed by atoms with Crippen LogP contribution in [0.1, 0.15) is 50.1 Å². The van der Waals surface area contributed by atoms with E-state index in [9.17, 15) is 14.4 Å². The van der Waals surface area contributed by atoms with E-state index in [2.05, 4.69) is 5.16 Å². The van der Waals surface area contributed by atoms with Crippen molar-refractivity contribution in [3.63, 3.8) is 0 Å². The maximum Gasteiger partial charge on any atom is 0.290 e. The van der Waals surface area contributed by atoms with Crippen molar-refractivity contribution >= 4 is 17.6 Å². The molecule has 2 atom stereocenters. The Kier molecular flexibility index (Phi) is 5.16. The van der Waals surface area contributed by atoms with Gasteiger partial charge in [0.1, 0.15) is 5.76 Å². The molecule has 1 aromatic heterocycles. The average Bonchev–Trinajstić information content (AvgIpc) is 2.77. The standard InChI is InChI=1S/C19H27N3O4/c1-11(2)7-17(23)19(25)21-8-14-5-6-15(9-21)22(18(14)24)10-16-12(3)20-26-13(16)4/h11,14-15H,5-10H2,1-4H3/t14-,15+/m0/s1. The van der Waals surface area contributed by atoms with Gasteiger partial charge in [-0.3, -0.25) is 14.4 Å². The van der Waals surface area contributed by atoms with Crippen LogP contribution < -0.4 is 0 Å². The summed E-state index contributed by atoms with van der Waals surface area (Å²) in [6.07, 6.45) is 1.87. The number of hydrogen-bond donors (Lipinski definition) is 0. The predicted octanol–water partition coefficient (Wildman–Crippen LogP) is 1.86. The second-order valence-electron chi connectivity index (χ2n) is 7.93. The summed E-state index contributed by atoms with van der Waals surface area (Å²) in [6, 6.07) is -0.0641. The monoisotopic (exact) mass is 361 g/mol. The van der Waals surface area contributed by atoms with E-state index in [0.29, 0.717) is 19.6 Å². The van der Waals surface area contributed by atoms with E-state index in [-0.39, 0.29) is 36.0 Å². The number of aryl methyl sites for hydroxylation is 2. The summed E-state index contributed by atoms with van der Waals surface area (Å²) in [7, 11) is 0. The summed E-state index contributed by atoms with van der Waals surface area (Å²) in [6.45, 7) is 8.77. The first-order valence-electron chi connectivity index (χ1n) is 9.32. The quantitative estimate of drug-likeness (QED) is 0.748. The van der Waals surface area contributed by atoms with Gasteiger partial charge in [-0.25, -0.2) is 0 Å². The molecule has 7 heteroatoms. The van der Waals surface area contributed by atoms with Crippen LogP contribution in [-0.4, -0.2) is 51.7 Å². The van der Waals surface area contributed by atoms with Gasteiger partial charge in [-0.15, -0.1) is 0 Å². The molecule has 0 spiro atoms. The Hall–Kier alpha value is -2.18. The summed E-state index contributed by atoms with van der Waals surface area (Å²) in [5.41, 5.74) is 1.72. The van der Waals surface area contributed by atoms with Crippen molar-refractivity contribution in [2.45, 2.75) is 59.5 Å². The van der Waals surface area contributed by atoms with Crippen LogP contribution in [0.15, 0.2) is 4.52 Å². The lowest BCUT2D eigenvalue weighted by Gasteiger charge is -2.35. The Morgan fingerprint density at radius 2 is 1.96 bits per heavy atom. The van der Waals surface area contributed by atoms with Gasteiger partial charge in [-0.1, -0.05) is 19.0 Å². The number of carbonyl (C=O) groups excluding carboxylic acids is 3. The highest BCUT2D eigenvalue weighted by atomic mass is 16.5. The zero-order valence-electron chi connectivity index (χ0n) is 15.9. The molecule has 2 bridgehead atoms. The minimum atomic E-state index is -0.442. The van der Waals surface area contributed by atoms with Crippen LogP contribution in [0.2, 0.25) is 0 Å². The molecular weight excluding hydrogens is 334 g/mol. The Bertz CT molecular complexity index is 705. The lowest BCUT2D eigenvalue weighted by Crippen LogP contribution is -2.47. The fourth-order valence-corrected chi connectivity index (χ4v) is 3.95. The molecule has 26 heavy (non-hydrogen) atoms. The number of carbonyl (C=O) groups is 3. The van der Waals surface area contributed by atoms with Crippen molar-refractivity contribution in [3.05, 3.63) is 17.0 Å². The molecule has 0 N–H and O–H groups in total. The van der Waals surface area contributed by atoms with Crippen LogP contribution >= 0.6 is 0 Å². The van der Waals surface area contributed by atoms with E-state index >= 15 is 0 Å². The summed E-state index contributed by atoms with van der Waals surface area (Å²) < 4.78 is 5.21. The number of amides is 2. The van der Waals surface area contributed by atoms with Gasteiger partial charge in [0.25, 0.3) is 5.91 Å². The Labute approximate surface area is 153 Å². The molecule has 3 saturated heterocycles. The molecule has 3 aliphatic heterocycles. The predicted molar refractivity (Wildman–Crippen MR) is 94.1 cm³/mol. The van der Waals surface area contributed by atoms with E-state index in [1.165, 1.54) is 0 Å². The van der Waals surface area contributed by atoms with Gasteiger partial charge in [-0.05, 0) is 32.6 Å². The molecule has 0 radical (unpaired) electrons. The van der Waals surface area contributed by atoms with E-state index in [1.807, 2.05) is 32.6 Å². The van der Waals surface area contributed by atoms with Gasteiger partial charge in [0, 0.05) is 31.1 Å². The fraction of sp³-hybridized carbons (Fsp3) is 0.684. The molecule has 2 amide bonds. The van der Waals surface area contributed by atoms with E-state index < -0.39 is 5.91 Å². The molecule has 3 fully saturated rings. The molecule has 7 nitrogen and oxygen atoms in total. The van der Waals surface area contributed by atoms with Crippen LogP contribution in [0, 0.1) is 25.7 Å². The van der Waals surface area contributed by atoms with Crippen molar-refractivity contribution in [1.82, 2.24) is 15.0 Å². The molecule has 0 aliphatic carbocycles. The van der Waals surface area contributed by atoms with E-state index in [1.54, 1.807) is 4.90 Å². The zero-order valence-corrected chi connectivity index (χ0v) is 15.9. The second kappa shape index (κ2) is 7.21. The summed E-state index contributed by atoms with van der Waals surface area (Å²) in [4.78, 5) is 41.1. The normalized spacial score (nSPS) is 22.9. The lowest BCUT2D eigenvalue weighted by atomic mass is 9.93. The molecule has 4 heterocycles. The van der Waals surface area contributed by atoms with Crippen LogP contribution in [0.4, 0.5) is 0 Å². The Morgan fingerprint density at radius 3 is 2.58 bits per heavy atom. The van der Waals surface area contributed by atoms with Crippen molar-refractivity contribution in [2.75, 3.05) is 13.1 Å². The number of Topliss-reactive ketones (excluding diaryl/α,β-unsaturated/α-hetero) is 1. The minimum Gasteiger partial charge on any atom is -0.361 e. The highest BCUT2D eigenvalue weighted by Crippen LogP contribution is 2.31. The van der Waals surface area contributed by atoms with Gasteiger partial charge >= 0.3 is 0 Å². The number of aromatic nitrogens is 1. The summed E-state index contributed by atoms with van der Waals surface area (Å²) in [5, 5.41) is 3.96. The van der Waals surface area contributed by atoms with Gasteiger partial charge in [0.05, 0.1) is 18.2 Å². The maximum atomic E-state index is 12.9. The largest absolute Gasteiger partial charge is 0.361 e. The SMILES string of the molecule is Cc1noc(C)c1CN1C(=O)[C@H]2CC[C@@H]1CN(C(=O)C(=O)CC(C)C)C2. The van der Waals surface area contributed by atoms with Crippen LogP contribution in [0.25, 0.3) is 0 Å². The van der Waals surface area contributed by atoms with Gasteiger partial charge in [-0.2, -0.15) is 0 Å². The average molecular weight is 361 g/mol. The first-order chi connectivity index (χ1) is 12.3. The molecular formula is C19H27N3O4. The molecule has 3 aliphatic rings. The molecule has 0 saturated carbocycles. The van der Waals surface area contributed by atoms with E-state index in [0.717, 1.165) is 29.9 Å². The molecule has 0 aromatic carbocycles. The number of rotatable bonds is 5. The topological polar surface area (TPSA) is 83.7 Å². The molecule has 0 unspecified atom stereocenters. The first kappa shape index (κ1) is 18.6. The smallest absolute Gasteiger partial charge is 0.290 e. The van der Waals surface area contributed by atoms with E-state index in [4.69, 9.17) is 4.52 Å². The number of nitrogens with zero attached hydrogens (tertiary/aromatic N) is 3. The highest BCUT2D eigenvalue weighted by molar-refractivity contribution is 6.36. The van der Waals surface area contributed by atoms with Crippen molar-refractivity contribution in [2.24, 2.45) is 11.8 Å². The van der Waals surface area contributed by atoms with Crippen molar-refractivity contribution in [3.8, 4) is 0 Å². The van der Waals surface area contributed by atoms with Gasteiger partial charge < -0.3 is 14.3 Å². The lowest BCUT2D eigenvalue weighted by molar-refractivity contribution is -0.145. The highest BCUT2D eigenvalue weighted by Gasteiger charge is 2.43. The van der Waals surface area contributed by atoms with Gasteiger partial charge in [0.2, 0.25) is 11.7 Å². The van der Waals surface area contributed by atoms with Crippen molar-refractivity contribution < 1.29 is 18.9 Å². The summed E-state index contributed by atoms with van der Waals surface area (Å²) >= 11 is 0. The molecule has 1 aromatic rings. The van der Waals surface area contributed by atoms with Crippen LogP contribution in [-0.2, 0) is 20.9 Å². The zero-order chi connectivity index (χ0) is 19.0. The Morgan fingerprint density at radius 1 is 1.23 bits per heavy atom. The summed E-state index contributed by atoms with van der Waals surface area (Å²) in [5.74, 6) is -0.102. The van der Waals surface area contributed by atoms with Gasteiger partial charge in [0.15, 0.2) is 0 Å². The number of fused-ring (bicyclic) bond motifs is 4. The third-order valence-corrected chi connectivity index (χ3v) is 5.42. The van der Waals surface area contributed by atoms with Crippen molar-refractivity contribution in [1.29, 1.82) is 0 Å². The first-order valence-corrected chi connectivity index (χ1v) is 9.32. The third kappa shape index (κ3) is 3.52. The minimum absolute atomic E-state index is 0.0628. The van der Waals surface area contributed by atoms with Crippen LogP contribution in [0.5, 0.6) is 0 Å². The molecule has 4 rings (SSSR count). The maximum absolute atomic E-state index is 12.9. The number of hydrogen-bond acceptors (Lipinski definition) is 5. The number of ketones is 1. The molecule has 142 valence electrons. The second-order valence-corrected chi connectivity index (χ2v) is 7.93.